The van der Waals surface area contributed by atoms with Crippen LogP contribution in [0.2, 0.25) is 0 Å². The number of nitrogens with two attached hydrogens (primary N) is 1. The first kappa shape index (κ1) is 11.6. The second-order valence-electron chi connectivity index (χ2n) is 3.14. The Kier molecular flexibility index (Phi) is 8.46. The van der Waals surface area contributed by atoms with Gasteiger partial charge in [-0.3, -0.25) is 0 Å². The van der Waals surface area contributed by atoms with Crippen molar-refractivity contribution in [1.29, 1.82) is 0 Å². The molecule has 2 N–H and O–H groups in total. The van der Waals surface area contributed by atoms with E-state index >= 15 is 0 Å². The fourth-order valence-electron chi connectivity index (χ4n) is 1.16. The summed E-state index contributed by atoms with van der Waals surface area (Å²) in [7, 11) is 0. The number of halogens is 1. The number of rotatable bonds is 7. The molecule has 0 rings (SSSR count). The summed E-state index contributed by atoms with van der Waals surface area (Å²) < 4.78 is 12.0. The Morgan fingerprint density at radius 2 is 1.92 bits per heavy atom. The van der Waals surface area contributed by atoms with Gasteiger partial charge in [-0.15, -0.1) is 0 Å². The molecule has 0 radical (unpaired) electrons. The van der Waals surface area contributed by atoms with Gasteiger partial charge in [0.05, 0.1) is 6.33 Å². The fourth-order valence-corrected chi connectivity index (χ4v) is 1.16. The second-order valence-corrected chi connectivity index (χ2v) is 3.14. The van der Waals surface area contributed by atoms with Gasteiger partial charge in [0.1, 0.15) is 0 Å². The molecule has 0 amide bonds. The average Bonchev–Trinajstić information content (AvgIpc) is 2.11. The van der Waals surface area contributed by atoms with E-state index in [4.69, 9.17) is 5.73 Å². The van der Waals surface area contributed by atoms with Crippen LogP contribution >= 0.6 is 0 Å². The maximum Gasteiger partial charge on any atom is 0.0871 e. The molecule has 0 atom stereocenters. The zero-order chi connectivity index (χ0) is 9.23. The standard InChI is InChI=1S/C10H20FN/c1-2-3-4-5-6-7-10(8-11)9-12/h8H,2-7,9,12H2,1H3/b10-8+. The highest BCUT2D eigenvalue weighted by Crippen LogP contribution is 2.10. The van der Waals surface area contributed by atoms with E-state index in [1.165, 1.54) is 25.7 Å². The lowest BCUT2D eigenvalue weighted by atomic mass is 10.1. The van der Waals surface area contributed by atoms with Crippen molar-refractivity contribution in [3.05, 3.63) is 11.9 Å². The molecule has 72 valence electrons. The Bertz CT molecular complexity index is 121. The van der Waals surface area contributed by atoms with Crippen molar-refractivity contribution in [1.82, 2.24) is 0 Å². The van der Waals surface area contributed by atoms with Crippen LogP contribution in [-0.4, -0.2) is 6.54 Å². The molecule has 1 nitrogen and oxygen atoms in total. The second kappa shape index (κ2) is 8.72. The molecule has 0 saturated heterocycles. The summed E-state index contributed by atoms with van der Waals surface area (Å²) in [6, 6.07) is 0. The molecule has 12 heavy (non-hydrogen) atoms. The SMILES string of the molecule is CCCCCCC/C(=C\F)CN. The van der Waals surface area contributed by atoms with E-state index in [1.807, 2.05) is 0 Å². The van der Waals surface area contributed by atoms with E-state index in [1.54, 1.807) is 0 Å². The molecule has 0 aromatic carbocycles. The van der Waals surface area contributed by atoms with Gasteiger partial charge in [0.25, 0.3) is 0 Å². The van der Waals surface area contributed by atoms with Crippen molar-refractivity contribution in [3.8, 4) is 0 Å². The summed E-state index contributed by atoms with van der Waals surface area (Å²) in [4.78, 5) is 0. The quantitative estimate of drug-likeness (QED) is 0.588. The molecule has 0 aromatic heterocycles. The van der Waals surface area contributed by atoms with E-state index in [9.17, 15) is 4.39 Å². The van der Waals surface area contributed by atoms with Crippen molar-refractivity contribution in [2.45, 2.75) is 45.4 Å². The lowest BCUT2D eigenvalue weighted by molar-refractivity contribution is 0.617. The maximum absolute atomic E-state index is 12.0. The Hall–Kier alpha value is -0.370. The van der Waals surface area contributed by atoms with Gasteiger partial charge >= 0.3 is 0 Å². The minimum atomic E-state index is 0.365. The molecule has 0 spiro atoms. The normalized spacial score (nSPS) is 12.1. The fraction of sp³-hybridized carbons (Fsp3) is 0.800. The summed E-state index contributed by atoms with van der Waals surface area (Å²) >= 11 is 0. The molecule has 0 fully saturated rings. The molecule has 0 aromatic rings. The third-order valence-electron chi connectivity index (χ3n) is 2.02. The van der Waals surface area contributed by atoms with Gasteiger partial charge in [-0.2, -0.15) is 0 Å². The highest BCUT2D eigenvalue weighted by molar-refractivity contribution is 4.98. The number of hydrogen-bond acceptors (Lipinski definition) is 1. The smallest absolute Gasteiger partial charge is 0.0871 e. The zero-order valence-corrected chi connectivity index (χ0v) is 7.98. The first-order valence-corrected chi connectivity index (χ1v) is 4.83. The largest absolute Gasteiger partial charge is 0.327 e. The van der Waals surface area contributed by atoms with Crippen LogP contribution < -0.4 is 5.73 Å². The van der Waals surface area contributed by atoms with E-state index in [2.05, 4.69) is 6.92 Å². The molecule has 0 aliphatic carbocycles. The van der Waals surface area contributed by atoms with Crippen LogP contribution in [0.3, 0.4) is 0 Å². The first-order valence-electron chi connectivity index (χ1n) is 4.83. The van der Waals surface area contributed by atoms with Gasteiger partial charge < -0.3 is 5.73 Å². The molecular weight excluding hydrogens is 153 g/mol. The summed E-state index contributed by atoms with van der Waals surface area (Å²) in [6.45, 7) is 2.55. The number of unbranched alkanes of at least 4 members (excludes halogenated alkanes) is 4. The predicted octanol–water partition coefficient (Wildman–Crippen LogP) is 3.16. The molecule has 0 aliphatic rings. The van der Waals surface area contributed by atoms with E-state index in [-0.39, 0.29) is 0 Å². The zero-order valence-electron chi connectivity index (χ0n) is 7.98. The highest BCUT2D eigenvalue weighted by Gasteiger charge is 1.94. The molecule has 0 aliphatic heterocycles. The topological polar surface area (TPSA) is 26.0 Å². The Balaban J connectivity index is 3.18. The van der Waals surface area contributed by atoms with E-state index < -0.39 is 0 Å². The molecule has 0 heterocycles. The molecular formula is C10H20FN. The van der Waals surface area contributed by atoms with Crippen molar-refractivity contribution in [2.75, 3.05) is 6.54 Å². The lowest BCUT2D eigenvalue weighted by Crippen LogP contribution is -2.02. The van der Waals surface area contributed by atoms with Crippen LogP contribution in [0.5, 0.6) is 0 Å². The summed E-state index contributed by atoms with van der Waals surface area (Å²) in [5, 5.41) is 0. The van der Waals surface area contributed by atoms with Gasteiger partial charge in [-0.1, -0.05) is 32.6 Å². The van der Waals surface area contributed by atoms with Gasteiger partial charge in [0.2, 0.25) is 0 Å². The van der Waals surface area contributed by atoms with Gasteiger partial charge in [-0.25, -0.2) is 4.39 Å². The van der Waals surface area contributed by atoms with Gasteiger partial charge in [0.15, 0.2) is 0 Å². The van der Waals surface area contributed by atoms with Crippen molar-refractivity contribution >= 4 is 0 Å². The Labute approximate surface area is 74.8 Å². The average molecular weight is 173 g/mol. The van der Waals surface area contributed by atoms with Crippen molar-refractivity contribution in [3.63, 3.8) is 0 Å². The summed E-state index contributed by atoms with van der Waals surface area (Å²) in [6.07, 6.45) is 7.56. The van der Waals surface area contributed by atoms with Crippen LogP contribution in [-0.2, 0) is 0 Å². The summed E-state index contributed by atoms with van der Waals surface area (Å²) in [5.74, 6) is 0. The molecule has 0 saturated carbocycles. The molecule has 2 heteroatoms. The van der Waals surface area contributed by atoms with E-state index in [0.717, 1.165) is 18.4 Å². The van der Waals surface area contributed by atoms with Crippen LogP contribution in [0, 0.1) is 0 Å². The highest BCUT2D eigenvalue weighted by atomic mass is 19.1. The molecule has 0 unspecified atom stereocenters. The summed E-state index contributed by atoms with van der Waals surface area (Å²) in [5.41, 5.74) is 6.06. The molecule has 0 bridgehead atoms. The lowest BCUT2D eigenvalue weighted by Gasteiger charge is -2.01. The first-order chi connectivity index (χ1) is 5.85. The van der Waals surface area contributed by atoms with E-state index in [0.29, 0.717) is 12.9 Å². The van der Waals surface area contributed by atoms with Crippen LogP contribution in [0.1, 0.15) is 45.4 Å². The Morgan fingerprint density at radius 1 is 1.25 bits per heavy atom. The monoisotopic (exact) mass is 173 g/mol. The minimum absolute atomic E-state index is 0.365. The van der Waals surface area contributed by atoms with Crippen molar-refractivity contribution < 1.29 is 4.39 Å². The van der Waals surface area contributed by atoms with Gasteiger partial charge in [0, 0.05) is 6.54 Å². The maximum atomic E-state index is 12.0. The third-order valence-corrected chi connectivity index (χ3v) is 2.02. The van der Waals surface area contributed by atoms with Crippen LogP contribution in [0.25, 0.3) is 0 Å². The minimum Gasteiger partial charge on any atom is -0.327 e. The Morgan fingerprint density at radius 3 is 2.42 bits per heavy atom. The number of hydrogen-bond donors (Lipinski definition) is 1. The van der Waals surface area contributed by atoms with Crippen LogP contribution in [0.15, 0.2) is 11.9 Å². The van der Waals surface area contributed by atoms with Crippen molar-refractivity contribution in [2.24, 2.45) is 5.73 Å². The third kappa shape index (κ3) is 6.35. The van der Waals surface area contributed by atoms with Gasteiger partial charge in [-0.05, 0) is 18.4 Å². The van der Waals surface area contributed by atoms with Crippen LogP contribution in [0.4, 0.5) is 4.39 Å². The predicted molar refractivity (Wildman–Crippen MR) is 51.6 cm³/mol.